The summed E-state index contributed by atoms with van der Waals surface area (Å²) in [4.78, 5) is 19.3. The average Bonchev–Trinajstić information content (AvgIpc) is 3.46. The van der Waals surface area contributed by atoms with Gasteiger partial charge in [-0.2, -0.15) is 0 Å². The lowest BCUT2D eigenvalue weighted by atomic mass is 9.85. The number of amides is 1. The Morgan fingerprint density at radius 1 is 1.13 bits per heavy atom. The molecule has 154 valence electrons. The number of fused-ring (bicyclic) bond motifs is 1. The summed E-state index contributed by atoms with van der Waals surface area (Å²) in [6.45, 7) is 1.70. The third kappa shape index (κ3) is 3.83. The number of rotatable bonds is 5. The molecule has 3 aromatic rings. The molecule has 0 unspecified atom stereocenters. The van der Waals surface area contributed by atoms with Crippen LogP contribution in [0.25, 0.3) is 0 Å². The third-order valence-corrected chi connectivity index (χ3v) is 5.68. The number of anilines is 1. The average molecular weight is 405 g/mol. The molecule has 2 aromatic carbocycles. The van der Waals surface area contributed by atoms with Gasteiger partial charge in [0.15, 0.2) is 11.5 Å². The quantitative estimate of drug-likeness (QED) is 0.703. The van der Waals surface area contributed by atoms with Crippen LogP contribution in [0.2, 0.25) is 0 Å². The van der Waals surface area contributed by atoms with Gasteiger partial charge in [0.1, 0.15) is 6.26 Å². The fraction of sp³-hybridized carbons (Fsp3) is 0.304. The van der Waals surface area contributed by atoms with Crippen LogP contribution in [0, 0.1) is 0 Å². The molecule has 0 saturated carbocycles. The summed E-state index contributed by atoms with van der Waals surface area (Å²) in [5.41, 5.74) is 2.13. The van der Waals surface area contributed by atoms with Crippen LogP contribution in [0.1, 0.15) is 23.5 Å². The Morgan fingerprint density at radius 3 is 2.83 bits per heavy atom. The first-order chi connectivity index (χ1) is 14.8. The lowest BCUT2D eigenvalue weighted by Crippen LogP contribution is -2.52. The summed E-state index contributed by atoms with van der Waals surface area (Å²) in [5.74, 6) is 1.62. The summed E-state index contributed by atoms with van der Waals surface area (Å²) in [6.07, 6.45) is 4.41. The van der Waals surface area contributed by atoms with Crippen LogP contribution >= 0.6 is 0 Å². The van der Waals surface area contributed by atoms with E-state index in [2.05, 4.69) is 27.3 Å². The molecule has 2 aliphatic rings. The van der Waals surface area contributed by atoms with E-state index in [-0.39, 0.29) is 31.1 Å². The summed E-state index contributed by atoms with van der Waals surface area (Å²) in [5, 5.41) is 3.25. The smallest absolute Gasteiger partial charge is 0.297 e. The lowest BCUT2D eigenvalue weighted by Gasteiger charge is -2.38. The molecule has 1 N–H and O–H groups in total. The number of hydrogen-bond acceptors (Lipinski definition) is 6. The Bertz CT molecular complexity index is 1010. The summed E-state index contributed by atoms with van der Waals surface area (Å²) < 4.78 is 16.3. The molecule has 0 radical (unpaired) electrons. The van der Waals surface area contributed by atoms with E-state index < -0.39 is 0 Å². The highest BCUT2D eigenvalue weighted by Gasteiger charge is 2.33. The van der Waals surface area contributed by atoms with Crippen molar-refractivity contribution >= 4 is 11.9 Å². The number of benzene rings is 2. The predicted molar refractivity (Wildman–Crippen MR) is 111 cm³/mol. The van der Waals surface area contributed by atoms with Gasteiger partial charge in [-0.15, -0.1) is 0 Å². The molecule has 30 heavy (non-hydrogen) atoms. The van der Waals surface area contributed by atoms with Crippen LogP contribution in [-0.2, 0) is 11.2 Å². The van der Waals surface area contributed by atoms with Crippen molar-refractivity contribution in [2.45, 2.75) is 24.8 Å². The molecule has 0 aliphatic carbocycles. The minimum Gasteiger partial charge on any atom is -0.454 e. The molecule has 5 rings (SSSR count). The van der Waals surface area contributed by atoms with E-state index in [0.29, 0.717) is 18.3 Å². The minimum atomic E-state index is -0.0467. The number of carbonyl (C=O) groups is 1. The molecular weight excluding hydrogens is 382 g/mol. The normalized spacial score (nSPS) is 20.2. The van der Waals surface area contributed by atoms with Crippen LogP contribution in [0.3, 0.4) is 0 Å². The molecule has 3 heterocycles. The van der Waals surface area contributed by atoms with Crippen molar-refractivity contribution in [3.8, 4) is 11.5 Å². The van der Waals surface area contributed by atoms with E-state index in [1.165, 1.54) is 5.56 Å². The zero-order chi connectivity index (χ0) is 20.3. The zero-order valence-electron chi connectivity index (χ0n) is 16.5. The molecule has 1 fully saturated rings. The molecule has 7 heteroatoms. The molecule has 0 bridgehead atoms. The van der Waals surface area contributed by atoms with Gasteiger partial charge in [0.25, 0.3) is 6.01 Å². The van der Waals surface area contributed by atoms with Gasteiger partial charge in [-0.1, -0.05) is 36.4 Å². The lowest BCUT2D eigenvalue weighted by molar-refractivity contribution is -0.121. The van der Waals surface area contributed by atoms with Gasteiger partial charge in [-0.3, -0.25) is 4.79 Å². The van der Waals surface area contributed by atoms with Crippen molar-refractivity contribution < 1.29 is 18.7 Å². The largest absolute Gasteiger partial charge is 0.454 e. The number of carbonyl (C=O) groups excluding carboxylic acids is 1. The van der Waals surface area contributed by atoms with Crippen molar-refractivity contribution in [1.82, 2.24) is 10.3 Å². The maximum absolute atomic E-state index is 12.9. The molecule has 1 aromatic heterocycles. The summed E-state index contributed by atoms with van der Waals surface area (Å²) >= 11 is 0. The van der Waals surface area contributed by atoms with Gasteiger partial charge in [0.2, 0.25) is 12.7 Å². The maximum atomic E-state index is 12.9. The van der Waals surface area contributed by atoms with Crippen molar-refractivity contribution in [3.63, 3.8) is 0 Å². The molecule has 1 saturated heterocycles. The Kier molecular flexibility index (Phi) is 5.01. The number of aromatic nitrogens is 1. The second-order valence-corrected chi connectivity index (χ2v) is 7.60. The number of nitrogens with zero attached hydrogens (tertiary/aromatic N) is 2. The Labute approximate surface area is 174 Å². The van der Waals surface area contributed by atoms with Crippen LogP contribution in [0.5, 0.6) is 11.5 Å². The summed E-state index contributed by atoms with van der Waals surface area (Å²) in [7, 11) is 0. The molecule has 2 atom stereocenters. The van der Waals surface area contributed by atoms with Crippen molar-refractivity contribution in [2.24, 2.45) is 0 Å². The standard InChI is InChI=1S/C23H23N3O4/c27-22(13-16-6-7-20-21(12-16)30-15-29-20)25-19-14-26(23-24-9-11-28-23)10-8-18(19)17-4-2-1-3-5-17/h1-7,9,11-12,18-19H,8,10,13-15H2,(H,25,27)/t18-,19-/m0/s1. The van der Waals surface area contributed by atoms with Gasteiger partial charge < -0.3 is 24.1 Å². The molecular formula is C23H23N3O4. The molecule has 1 amide bonds. The van der Waals surface area contributed by atoms with E-state index in [1.54, 1.807) is 12.5 Å². The van der Waals surface area contributed by atoms with E-state index in [0.717, 1.165) is 24.3 Å². The predicted octanol–water partition coefficient (Wildman–Crippen LogP) is 3.12. The van der Waals surface area contributed by atoms with Gasteiger partial charge in [0, 0.05) is 19.0 Å². The first-order valence-electron chi connectivity index (χ1n) is 10.1. The Balaban J connectivity index is 1.32. The third-order valence-electron chi connectivity index (χ3n) is 5.68. The van der Waals surface area contributed by atoms with Crippen LogP contribution in [0.15, 0.2) is 65.4 Å². The van der Waals surface area contributed by atoms with Gasteiger partial charge in [-0.25, -0.2) is 4.98 Å². The molecule has 2 aliphatic heterocycles. The minimum absolute atomic E-state index is 0.0194. The highest BCUT2D eigenvalue weighted by atomic mass is 16.7. The SMILES string of the molecule is O=C(Cc1ccc2c(c1)OCO2)N[C@H]1CN(c2ncco2)CC[C@H]1c1ccccc1. The summed E-state index contributed by atoms with van der Waals surface area (Å²) in [6, 6.07) is 16.5. The maximum Gasteiger partial charge on any atom is 0.297 e. The van der Waals surface area contributed by atoms with Crippen LogP contribution in [-0.4, -0.2) is 36.8 Å². The monoisotopic (exact) mass is 405 g/mol. The van der Waals surface area contributed by atoms with E-state index in [9.17, 15) is 4.79 Å². The van der Waals surface area contributed by atoms with Crippen molar-refractivity contribution in [2.75, 3.05) is 24.8 Å². The topological polar surface area (TPSA) is 76.8 Å². The van der Waals surface area contributed by atoms with E-state index in [1.807, 2.05) is 36.4 Å². The fourth-order valence-electron chi connectivity index (χ4n) is 4.24. The van der Waals surface area contributed by atoms with E-state index in [4.69, 9.17) is 13.9 Å². The molecule has 0 spiro atoms. The van der Waals surface area contributed by atoms with Gasteiger partial charge in [-0.05, 0) is 29.7 Å². The highest BCUT2D eigenvalue weighted by Crippen LogP contribution is 2.33. The van der Waals surface area contributed by atoms with Crippen LogP contribution < -0.4 is 19.7 Å². The Hall–Kier alpha value is -3.48. The van der Waals surface area contributed by atoms with Gasteiger partial charge in [0.05, 0.1) is 18.7 Å². The highest BCUT2D eigenvalue weighted by molar-refractivity contribution is 5.79. The fourth-order valence-corrected chi connectivity index (χ4v) is 4.24. The number of piperidine rings is 1. The number of hydrogen-bond donors (Lipinski definition) is 1. The first kappa shape index (κ1) is 18.5. The van der Waals surface area contributed by atoms with Crippen LogP contribution in [0.4, 0.5) is 6.01 Å². The second-order valence-electron chi connectivity index (χ2n) is 7.60. The number of ether oxygens (including phenoxy) is 2. The number of oxazole rings is 1. The van der Waals surface area contributed by atoms with Crippen molar-refractivity contribution in [1.29, 1.82) is 0 Å². The van der Waals surface area contributed by atoms with Gasteiger partial charge >= 0.3 is 0 Å². The second kappa shape index (κ2) is 8.10. The first-order valence-corrected chi connectivity index (χ1v) is 10.1. The Morgan fingerprint density at radius 2 is 2.00 bits per heavy atom. The van der Waals surface area contributed by atoms with Crippen molar-refractivity contribution in [3.05, 3.63) is 72.1 Å². The van der Waals surface area contributed by atoms with E-state index >= 15 is 0 Å². The zero-order valence-corrected chi connectivity index (χ0v) is 16.5. The number of nitrogens with one attached hydrogen (secondary N) is 1. The molecule has 7 nitrogen and oxygen atoms in total.